The molecular formula is C30H44O5. The summed E-state index contributed by atoms with van der Waals surface area (Å²) in [5.41, 5.74) is 0.612. The Morgan fingerprint density at radius 2 is 1.20 bits per heavy atom. The highest BCUT2D eigenvalue weighted by Crippen LogP contribution is 2.20. The largest absolute Gasteiger partial charge is 0.513 e. The van der Waals surface area contributed by atoms with Crippen LogP contribution in [0.3, 0.4) is 0 Å². The summed E-state index contributed by atoms with van der Waals surface area (Å²) in [5.74, 6) is -0.0573. The third-order valence-electron chi connectivity index (χ3n) is 5.58. The van der Waals surface area contributed by atoms with Gasteiger partial charge in [0.05, 0.1) is 13.2 Å². The number of hydrogen-bond donors (Lipinski definition) is 0. The number of benzene rings is 1. The molecule has 0 fully saturated rings. The zero-order chi connectivity index (χ0) is 25.4. The van der Waals surface area contributed by atoms with Crippen molar-refractivity contribution in [2.24, 2.45) is 0 Å². The topological polar surface area (TPSA) is 61.8 Å². The van der Waals surface area contributed by atoms with Crippen molar-refractivity contribution in [3.05, 3.63) is 61.2 Å². The second-order valence-corrected chi connectivity index (χ2v) is 8.64. The first-order chi connectivity index (χ1) is 17.2. The molecule has 35 heavy (non-hydrogen) atoms. The van der Waals surface area contributed by atoms with E-state index in [9.17, 15) is 9.59 Å². The van der Waals surface area contributed by atoms with Crippen LogP contribution in [0.5, 0.6) is 5.75 Å². The standard InChI is InChI=1S/C30H44O5/c1-3-5-7-9-11-13-15-19-25-33-29(31)24-23-27-21-17-18-22-28(27)35-30(32)34-26-20-16-14-12-10-8-6-4-2/h3-4,17-18,21-24H,1-2,5-16,19-20,25-26H2. The molecule has 0 aliphatic rings. The van der Waals surface area contributed by atoms with Crippen molar-refractivity contribution in [3.63, 3.8) is 0 Å². The Bertz CT molecular complexity index is 753. The zero-order valence-corrected chi connectivity index (χ0v) is 21.4. The summed E-state index contributed by atoms with van der Waals surface area (Å²) in [6, 6.07) is 7.02. The summed E-state index contributed by atoms with van der Waals surface area (Å²) in [6.07, 6.45) is 21.6. The van der Waals surface area contributed by atoms with Gasteiger partial charge in [-0.1, -0.05) is 81.7 Å². The quantitative estimate of drug-likeness (QED) is 0.0575. The van der Waals surface area contributed by atoms with E-state index in [0.29, 0.717) is 24.5 Å². The minimum absolute atomic E-state index is 0.338. The van der Waals surface area contributed by atoms with E-state index in [1.54, 1.807) is 24.3 Å². The maximum atomic E-state index is 12.0. The zero-order valence-electron chi connectivity index (χ0n) is 21.4. The molecule has 5 heteroatoms. The molecule has 1 aromatic rings. The Kier molecular flexibility index (Phi) is 18.7. The van der Waals surface area contributed by atoms with E-state index < -0.39 is 12.1 Å². The highest BCUT2D eigenvalue weighted by atomic mass is 16.7. The lowest BCUT2D eigenvalue weighted by Gasteiger charge is -2.08. The second-order valence-electron chi connectivity index (χ2n) is 8.64. The van der Waals surface area contributed by atoms with E-state index in [0.717, 1.165) is 51.4 Å². The molecule has 0 radical (unpaired) electrons. The number of esters is 1. The molecule has 0 N–H and O–H groups in total. The number of hydrogen-bond acceptors (Lipinski definition) is 5. The molecule has 0 unspecified atom stereocenters. The number of para-hydroxylation sites is 1. The van der Waals surface area contributed by atoms with Gasteiger partial charge in [0.2, 0.25) is 0 Å². The molecule has 0 saturated carbocycles. The number of ether oxygens (including phenoxy) is 3. The number of unbranched alkanes of at least 4 members (excludes halogenated alkanes) is 12. The van der Waals surface area contributed by atoms with E-state index in [1.165, 1.54) is 44.6 Å². The molecule has 1 rings (SSSR count). The minimum Gasteiger partial charge on any atom is -0.463 e. The van der Waals surface area contributed by atoms with Gasteiger partial charge in [-0.25, -0.2) is 9.59 Å². The predicted molar refractivity (Wildman–Crippen MR) is 143 cm³/mol. The molecule has 0 aliphatic carbocycles. The van der Waals surface area contributed by atoms with Crippen molar-refractivity contribution in [3.8, 4) is 5.75 Å². The molecular weight excluding hydrogens is 440 g/mol. The van der Waals surface area contributed by atoms with Gasteiger partial charge >= 0.3 is 12.1 Å². The Morgan fingerprint density at radius 1 is 0.686 bits per heavy atom. The Hall–Kier alpha value is -2.82. The Balaban J connectivity index is 2.23. The SMILES string of the molecule is C=CCCCCCCCCOC(=O)C=Cc1ccccc1OC(=O)OCCCCCCCCC=C. The van der Waals surface area contributed by atoms with E-state index in [1.807, 2.05) is 18.2 Å². The van der Waals surface area contributed by atoms with Crippen molar-refractivity contribution in [2.45, 2.75) is 89.9 Å². The lowest BCUT2D eigenvalue weighted by molar-refractivity contribution is -0.137. The average Bonchev–Trinajstić information content (AvgIpc) is 2.86. The van der Waals surface area contributed by atoms with Crippen LogP contribution in [0.25, 0.3) is 6.08 Å². The van der Waals surface area contributed by atoms with Crippen LogP contribution in [-0.2, 0) is 14.3 Å². The predicted octanol–water partition coefficient (Wildman–Crippen LogP) is 8.59. The van der Waals surface area contributed by atoms with Crippen molar-refractivity contribution < 1.29 is 23.8 Å². The van der Waals surface area contributed by atoms with Gasteiger partial charge in [0.15, 0.2) is 0 Å². The molecule has 0 saturated heterocycles. The first-order valence-corrected chi connectivity index (χ1v) is 13.2. The molecule has 0 atom stereocenters. The van der Waals surface area contributed by atoms with Crippen molar-refractivity contribution in [1.82, 2.24) is 0 Å². The lowest BCUT2D eigenvalue weighted by Crippen LogP contribution is -2.12. The average molecular weight is 485 g/mol. The van der Waals surface area contributed by atoms with Crippen LogP contribution in [-0.4, -0.2) is 25.3 Å². The van der Waals surface area contributed by atoms with Gasteiger partial charge < -0.3 is 14.2 Å². The van der Waals surface area contributed by atoms with Crippen LogP contribution in [0, 0.1) is 0 Å². The van der Waals surface area contributed by atoms with Gasteiger partial charge in [0.1, 0.15) is 5.75 Å². The summed E-state index contributed by atoms with van der Waals surface area (Å²) in [6.45, 7) is 8.21. The van der Waals surface area contributed by atoms with Gasteiger partial charge in [-0.3, -0.25) is 0 Å². The first-order valence-electron chi connectivity index (χ1n) is 13.2. The summed E-state index contributed by atoms with van der Waals surface area (Å²) in [7, 11) is 0. The normalized spacial score (nSPS) is 10.7. The van der Waals surface area contributed by atoms with Gasteiger partial charge in [0.25, 0.3) is 0 Å². The van der Waals surface area contributed by atoms with Crippen LogP contribution in [0.1, 0.15) is 95.5 Å². The maximum Gasteiger partial charge on any atom is 0.513 e. The van der Waals surface area contributed by atoms with E-state index in [-0.39, 0.29) is 0 Å². The van der Waals surface area contributed by atoms with Crippen LogP contribution in [0.4, 0.5) is 4.79 Å². The summed E-state index contributed by atoms with van der Waals surface area (Å²) < 4.78 is 15.8. The highest BCUT2D eigenvalue weighted by Gasteiger charge is 2.09. The molecule has 0 amide bonds. The second kappa shape index (κ2) is 21.7. The third kappa shape index (κ3) is 17.3. The lowest BCUT2D eigenvalue weighted by atomic mass is 10.1. The van der Waals surface area contributed by atoms with E-state index in [4.69, 9.17) is 14.2 Å². The number of carbonyl (C=O) groups excluding carboxylic acids is 2. The van der Waals surface area contributed by atoms with Gasteiger partial charge in [-0.2, -0.15) is 0 Å². The molecule has 0 bridgehead atoms. The molecule has 5 nitrogen and oxygen atoms in total. The summed E-state index contributed by atoms with van der Waals surface area (Å²) >= 11 is 0. The van der Waals surface area contributed by atoms with Crippen LogP contribution < -0.4 is 4.74 Å². The maximum absolute atomic E-state index is 12.0. The monoisotopic (exact) mass is 484 g/mol. The summed E-state index contributed by atoms with van der Waals surface area (Å²) in [5, 5.41) is 0. The molecule has 0 aromatic heterocycles. The van der Waals surface area contributed by atoms with Crippen molar-refractivity contribution in [1.29, 1.82) is 0 Å². The van der Waals surface area contributed by atoms with Gasteiger partial charge in [-0.15, -0.1) is 13.2 Å². The fraction of sp³-hybridized carbons (Fsp3) is 0.533. The van der Waals surface area contributed by atoms with Gasteiger partial charge in [-0.05, 0) is 50.7 Å². The van der Waals surface area contributed by atoms with E-state index in [2.05, 4.69) is 13.2 Å². The molecule has 0 spiro atoms. The van der Waals surface area contributed by atoms with Crippen LogP contribution in [0.2, 0.25) is 0 Å². The fourth-order valence-electron chi connectivity index (χ4n) is 3.56. The first kappa shape index (κ1) is 30.2. The Morgan fingerprint density at radius 3 is 1.80 bits per heavy atom. The smallest absolute Gasteiger partial charge is 0.463 e. The summed E-state index contributed by atoms with van der Waals surface area (Å²) in [4.78, 5) is 24.0. The van der Waals surface area contributed by atoms with Crippen molar-refractivity contribution in [2.75, 3.05) is 13.2 Å². The minimum atomic E-state index is -0.732. The fourth-order valence-corrected chi connectivity index (χ4v) is 3.56. The third-order valence-corrected chi connectivity index (χ3v) is 5.58. The molecule has 0 heterocycles. The number of allylic oxidation sites excluding steroid dienone is 2. The van der Waals surface area contributed by atoms with E-state index >= 15 is 0 Å². The highest BCUT2D eigenvalue weighted by molar-refractivity contribution is 5.87. The molecule has 194 valence electrons. The Labute approximate surface area is 212 Å². The molecule has 0 aliphatic heterocycles. The van der Waals surface area contributed by atoms with Gasteiger partial charge in [0, 0.05) is 11.6 Å². The van der Waals surface area contributed by atoms with Crippen LogP contribution >= 0.6 is 0 Å². The number of carbonyl (C=O) groups is 2. The molecule has 1 aromatic carbocycles. The number of rotatable bonds is 21. The van der Waals surface area contributed by atoms with Crippen LogP contribution in [0.15, 0.2) is 55.7 Å². The van der Waals surface area contributed by atoms with Crippen molar-refractivity contribution >= 4 is 18.2 Å².